The van der Waals surface area contributed by atoms with Crippen molar-refractivity contribution < 1.29 is 13.6 Å². The lowest BCUT2D eigenvalue weighted by atomic mass is 9.92. The lowest BCUT2D eigenvalue weighted by Gasteiger charge is -2.23. The number of hydrogen-bond donors (Lipinski definition) is 2. The van der Waals surface area contributed by atoms with E-state index in [-0.39, 0.29) is 17.2 Å². The maximum Gasteiger partial charge on any atom is 0.228 e. The third kappa shape index (κ3) is 2.34. The normalized spacial score (nSPS) is 24.2. The first-order valence-electron chi connectivity index (χ1n) is 6.57. The molecule has 1 aliphatic carbocycles. The van der Waals surface area contributed by atoms with Gasteiger partial charge in [-0.3, -0.25) is 4.79 Å². The van der Waals surface area contributed by atoms with Crippen LogP contribution in [0.1, 0.15) is 19.3 Å². The van der Waals surface area contributed by atoms with Crippen molar-refractivity contribution in [2.75, 3.05) is 18.4 Å². The van der Waals surface area contributed by atoms with Gasteiger partial charge in [0.15, 0.2) is 11.6 Å². The van der Waals surface area contributed by atoms with Crippen LogP contribution in [0, 0.1) is 23.0 Å². The van der Waals surface area contributed by atoms with E-state index in [1.54, 1.807) is 0 Å². The summed E-state index contributed by atoms with van der Waals surface area (Å²) in [6, 6.07) is 3.43. The van der Waals surface area contributed by atoms with Gasteiger partial charge in [-0.05, 0) is 49.9 Å². The van der Waals surface area contributed by atoms with Gasteiger partial charge in [-0.15, -0.1) is 0 Å². The fourth-order valence-corrected chi connectivity index (χ4v) is 3.00. The lowest BCUT2D eigenvalue weighted by Crippen LogP contribution is -2.31. The molecule has 3 rings (SSSR count). The SMILES string of the molecule is O=C(Nc1ccc(F)c(F)c1)C1CC12CCNCC2. The van der Waals surface area contributed by atoms with Crippen LogP contribution < -0.4 is 10.6 Å². The van der Waals surface area contributed by atoms with Gasteiger partial charge in [-0.25, -0.2) is 8.78 Å². The van der Waals surface area contributed by atoms with Gasteiger partial charge in [0.1, 0.15) is 0 Å². The largest absolute Gasteiger partial charge is 0.326 e. The van der Waals surface area contributed by atoms with Crippen molar-refractivity contribution in [3.63, 3.8) is 0 Å². The number of rotatable bonds is 2. The molecule has 1 spiro atoms. The standard InChI is InChI=1S/C14H16F2N2O/c15-11-2-1-9(7-12(11)16)18-13(19)10-8-14(10)3-5-17-6-4-14/h1-2,7,10,17H,3-6,8H2,(H,18,19). The Labute approximate surface area is 110 Å². The fraction of sp³-hybridized carbons (Fsp3) is 0.500. The van der Waals surface area contributed by atoms with Crippen LogP contribution in [0.5, 0.6) is 0 Å². The number of carbonyl (C=O) groups is 1. The summed E-state index contributed by atoms with van der Waals surface area (Å²) in [7, 11) is 0. The predicted octanol–water partition coefficient (Wildman–Crippen LogP) is 2.29. The Morgan fingerprint density at radius 3 is 2.68 bits per heavy atom. The molecule has 1 aromatic rings. The molecule has 2 N–H and O–H groups in total. The number of piperidine rings is 1. The zero-order valence-corrected chi connectivity index (χ0v) is 10.5. The van der Waals surface area contributed by atoms with Gasteiger partial charge in [0.05, 0.1) is 0 Å². The zero-order valence-electron chi connectivity index (χ0n) is 10.5. The number of halogens is 2. The van der Waals surface area contributed by atoms with Crippen LogP contribution in [0.3, 0.4) is 0 Å². The Kier molecular flexibility index (Phi) is 3.01. The topological polar surface area (TPSA) is 41.1 Å². The van der Waals surface area contributed by atoms with Crippen LogP contribution in [0.2, 0.25) is 0 Å². The van der Waals surface area contributed by atoms with Crippen LogP contribution in [0.15, 0.2) is 18.2 Å². The molecule has 0 radical (unpaired) electrons. The van der Waals surface area contributed by atoms with E-state index in [1.807, 2.05) is 0 Å². The molecule has 1 atom stereocenters. The van der Waals surface area contributed by atoms with E-state index in [1.165, 1.54) is 6.07 Å². The number of amides is 1. The zero-order chi connectivity index (χ0) is 13.5. The summed E-state index contributed by atoms with van der Waals surface area (Å²) in [5.41, 5.74) is 0.466. The number of nitrogens with one attached hydrogen (secondary N) is 2. The third-order valence-corrected chi connectivity index (χ3v) is 4.29. The van der Waals surface area contributed by atoms with Crippen LogP contribution in [-0.2, 0) is 4.79 Å². The maximum atomic E-state index is 13.1. The minimum atomic E-state index is -0.940. The molecule has 2 fully saturated rings. The molecule has 1 amide bonds. The van der Waals surface area contributed by atoms with Gasteiger partial charge < -0.3 is 10.6 Å². The summed E-state index contributed by atoms with van der Waals surface area (Å²) in [6.07, 6.45) is 2.94. The highest BCUT2D eigenvalue weighted by molar-refractivity contribution is 5.95. The monoisotopic (exact) mass is 266 g/mol. The highest BCUT2D eigenvalue weighted by Crippen LogP contribution is 2.58. The van der Waals surface area contributed by atoms with Crippen molar-refractivity contribution in [2.45, 2.75) is 19.3 Å². The van der Waals surface area contributed by atoms with Crippen LogP contribution in [0.25, 0.3) is 0 Å². The van der Waals surface area contributed by atoms with Gasteiger partial charge in [-0.2, -0.15) is 0 Å². The van der Waals surface area contributed by atoms with E-state index in [0.29, 0.717) is 5.69 Å². The van der Waals surface area contributed by atoms with Crippen molar-refractivity contribution in [3.8, 4) is 0 Å². The first-order valence-corrected chi connectivity index (χ1v) is 6.57. The average Bonchev–Trinajstić information content (AvgIpc) is 3.08. The Morgan fingerprint density at radius 1 is 1.26 bits per heavy atom. The molecular formula is C14H16F2N2O. The van der Waals surface area contributed by atoms with Gasteiger partial charge in [0.2, 0.25) is 5.91 Å². The first kappa shape index (κ1) is 12.5. The molecule has 1 aliphatic heterocycles. The molecule has 1 saturated carbocycles. The number of hydrogen-bond acceptors (Lipinski definition) is 2. The summed E-state index contributed by atoms with van der Waals surface area (Å²) in [6.45, 7) is 1.91. The van der Waals surface area contributed by atoms with Crippen molar-refractivity contribution in [2.24, 2.45) is 11.3 Å². The number of benzene rings is 1. The molecule has 2 aliphatic rings. The van der Waals surface area contributed by atoms with E-state index in [4.69, 9.17) is 0 Å². The molecule has 1 heterocycles. The number of anilines is 1. The Balaban J connectivity index is 1.64. The molecule has 0 bridgehead atoms. The molecule has 1 unspecified atom stereocenters. The molecule has 1 aromatic carbocycles. The molecule has 102 valence electrons. The van der Waals surface area contributed by atoms with E-state index in [2.05, 4.69) is 10.6 Å². The van der Waals surface area contributed by atoms with E-state index >= 15 is 0 Å². The molecular weight excluding hydrogens is 250 g/mol. The molecule has 3 nitrogen and oxygen atoms in total. The second kappa shape index (κ2) is 4.56. The summed E-state index contributed by atoms with van der Waals surface area (Å²) < 4.78 is 25.9. The summed E-state index contributed by atoms with van der Waals surface area (Å²) in [5, 5.41) is 5.96. The molecule has 1 saturated heterocycles. The van der Waals surface area contributed by atoms with Crippen molar-refractivity contribution in [1.29, 1.82) is 0 Å². The van der Waals surface area contributed by atoms with E-state index in [0.717, 1.165) is 44.5 Å². The Morgan fingerprint density at radius 2 is 2.00 bits per heavy atom. The Bertz CT molecular complexity index is 512. The molecule has 0 aromatic heterocycles. The van der Waals surface area contributed by atoms with Crippen molar-refractivity contribution >= 4 is 11.6 Å². The van der Waals surface area contributed by atoms with Gasteiger partial charge >= 0.3 is 0 Å². The predicted molar refractivity (Wildman–Crippen MR) is 67.6 cm³/mol. The highest BCUT2D eigenvalue weighted by atomic mass is 19.2. The molecule has 19 heavy (non-hydrogen) atoms. The summed E-state index contributed by atoms with van der Waals surface area (Å²) in [4.78, 5) is 12.1. The van der Waals surface area contributed by atoms with Gasteiger partial charge in [0.25, 0.3) is 0 Å². The minimum Gasteiger partial charge on any atom is -0.326 e. The summed E-state index contributed by atoms with van der Waals surface area (Å²) >= 11 is 0. The average molecular weight is 266 g/mol. The van der Waals surface area contributed by atoms with E-state index < -0.39 is 11.6 Å². The van der Waals surface area contributed by atoms with Gasteiger partial charge in [0, 0.05) is 17.7 Å². The van der Waals surface area contributed by atoms with Crippen molar-refractivity contribution in [3.05, 3.63) is 29.8 Å². The first-order chi connectivity index (χ1) is 9.11. The minimum absolute atomic E-state index is 0.0164. The van der Waals surface area contributed by atoms with Crippen LogP contribution in [-0.4, -0.2) is 19.0 Å². The Hall–Kier alpha value is -1.49. The molecule has 5 heteroatoms. The van der Waals surface area contributed by atoms with Crippen LogP contribution >= 0.6 is 0 Å². The summed E-state index contributed by atoms with van der Waals surface area (Å²) in [5.74, 6) is -1.90. The smallest absolute Gasteiger partial charge is 0.228 e. The van der Waals surface area contributed by atoms with Crippen LogP contribution in [0.4, 0.5) is 14.5 Å². The second-order valence-electron chi connectivity index (χ2n) is 5.49. The maximum absolute atomic E-state index is 13.1. The second-order valence-corrected chi connectivity index (χ2v) is 5.49. The van der Waals surface area contributed by atoms with Gasteiger partial charge in [-0.1, -0.05) is 0 Å². The highest BCUT2D eigenvalue weighted by Gasteiger charge is 2.57. The third-order valence-electron chi connectivity index (χ3n) is 4.29. The number of carbonyl (C=O) groups excluding carboxylic acids is 1. The fourth-order valence-electron chi connectivity index (χ4n) is 3.00. The van der Waals surface area contributed by atoms with Crippen molar-refractivity contribution in [1.82, 2.24) is 5.32 Å². The lowest BCUT2D eigenvalue weighted by molar-refractivity contribution is -0.118. The quantitative estimate of drug-likeness (QED) is 0.862. The van der Waals surface area contributed by atoms with E-state index in [9.17, 15) is 13.6 Å².